The van der Waals surface area contributed by atoms with E-state index in [0.717, 1.165) is 34.8 Å². The van der Waals surface area contributed by atoms with Crippen LogP contribution in [0.3, 0.4) is 0 Å². The van der Waals surface area contributed by atoms with Crippen LogP contribution < -0.4 is 5.32 Å². The Balaban J connectivity index is 1.53. The van der Waals surface area contributed by atoms with E-state index < -0.39 is 0 Å². The van der Waals surface area contributed by atoms with Crippen molar-refractivity contribution in [2.75, 3.05) is 19.6 Å². The van der Waals surface area contributed by atoms with Crippen LogP contribution in [0, 0.1) is 0 Å². The van der Waals surface area contributed by atoms with E-state index in [9.17, 15) is 4.79 Å². The molecule has 0 fully saturated rings. The third kappa shape index (κ3) is 4.77. The van der Waals surface area contributed by atoms with Crippen LogP contribution in [-0.4, -0.2) is 66.3 Å². The number of pyridine rings is 1. The van der Waals surface area contributed by atoms with Gasteiger partial charge in [0.2, 0.25) is 0 Å². The molecule has 0 aromatic carbocycles. The monoisotopic (exact) mass is 500 g/mol. The molecule has 0 saturated heterocycles. The van der Waals surface area contributed by atoms with Crippen LogP contribution in [0.15, 0.2) is 60.5 Å². The second kappa shape index (κ2) is 10.4. The number of hydrogen-bond donors (Lipinski definition) is 2. The minimum atomic E-state index is -0.147. The molecule has 0 radical (unpaired) electrons. The summed E-state index contributed by atoms with van der Waals surface area (Å²) in [6.07, 6.45) is 7.09. The second-order valence-electron chi connectivity index (χ2n) is 8.51. The zero-order valence-electron chi connectivity index (χ0n) is 20.5. The largest absolute Gasteiger partial charge is 0.350 e. The summed E-state index contributed by atoms with van der Waals surface area (Å²) in [5.74, 6) is -0.147. The van der Waals surface area contributed by atoms with Gasteiger partial charge in [-0.3, -0.25) is 14.8 Å². The smallest absolute Gasteiger partial charge is 0.251 e. The van der Waals surface area contributed by atoms with E-state index in [1.807, 2.05) is 29.8 Å². The lowest BCUT2D eigenvalue weighted by Gasteiger charge is -2.26. The molecule has 0 aliphatic carbocycles. The van der Waals surface area contributed by atoms with Crippen molar-refractivity contribution in [3.8, 4) is 33.1 Å². The maximum absolute atomic E-state index is 13.2. The lowest BCUT2D eigenvalue weighted by Crippen LogP contribution is -2.42. The van der Waals surface area contributed by atoms with Crippen LogP contribution >= 0.6 is 11.3 Å². The SMILES string of the molecule is CCN(CC)[C@@H](C)CNC(=O)c1cc(-c2cn[nH]c2)nc(-c2cnn3ccc(-c4cccs4)nc23)c1. The van der Waals surface area contributed by atoms with Gasteiger partial charge in [-0.05, 0) is 49.7 Å². The topological polar surface area (TPSA) is 104 Å². The van der Waals surface area contributed by atoms with Gasteiger partial charge >= 0.3 is 0 Å². The maximum Gasteiger partial charge on any atom is 0.251 e. The molecule has 9 nitrogen and oxygen atoms in total. The van der Waals surface area contributed by atoms with Crippen molar-refractivity contribution >= 4 is 22.9 Å². The first-order valence-electron chi connectivity index (χ1n) is 12.0. The number of hydrogen-bond acceptors (Lipinski definition) is 7. The van der Waals surface area contributed by atoms with E-state index >= 15 is 0 Å². The van der Waals surface area contributed by atoms with Crippen molar-refractivity contribution in [3.05, 3.63) is 66.1 Å². The zero-order chi connectivity index (χ0) is 25.1. The minimum absolute atomic E-state index is 0.147. The number of aromatic amines is 1. The number of rotatable bonds is 9. The van der Waals surface area contributed by atoms with Gasteiger partial charge in [-0.2, -0.15) is 10.2 Å². The maximum atomic E-state index is 13.2. The van der Waals surface area contributed by atoms with Gasteiger partial charge in [-0.15, -0.1) is 11.3 Å². The van der Waals surface area contributed by atoms with Gasteiger partial charge in [0, 0.05) is 36.1 Å². The van der Waals surface area contributed by atoms with Crippen LogP contribution in [0.4, 0.5) is 0 Å². The Morgan fingerprint density at radius 2 is 1.97 bits per heavy atom. The molecule has 5 aromatic heterocycles. The average molecular weight is 501 g/mol. The van der Waals surface area contributed by atoms with Crippen LogP contribution in [0.2, 0.25) is 0 Å². The summed E-state index contributed by atoms with van der Waals surface area (Å²) in [5, 5.41) is 16.5. The van der Waals surface area contributed by atoms with Crippen molar-refractivity contribution in [3.63, 3.8) is 0 Å². The van der Waals surface area contributed by atoms with E-state index in [-0.39, 0.29) is 11.9 Å². The fraction of sp³-hybridized carbons (Fsp3) is 0.269. The van der Waals surface area contributed by atoms with Crippen molar-refractivity contribution in [1.29, 1.82) is 0 Å². The van der Waals surface area contributed by atoms with E-state index in [1.54, 1.807) is 46.6 Å². The van der Waals surface area contributed by atoms with E-state index in [0.29, 0.717) is 29.1 Å². The summed E-state index contributed by atoms with van der Waals surface area (Å²) < 4.78 is 1.73. The molecule has 5 aromatic rings. The molecule has 0 aliphatic rings. The molecule has 1 atom stereocenters. The number of nitrogens with zero attached hydrogens (tertiary/aromatic N) is 6. The van der Waals surface area contributed by atoms with Gasteiger partial charge in [0.15, 0.2) is 5.65 Å². The molecule has 1 amide bonds. The highest BCUT2D eigenvalue weighted by atomic mass is 32.1. The number of amides is 1. The first-order valence-corrected chi connectivity index (χ1v) is 12.9. The highest BCUT2D eigenvalue weighted by Gasteiger charge is 2.18. The van der Waals surface area contributed by atoms with Crippen LogP contribution in [-0.2, 0) is 0 Å². The number of carbonyl (C=O) groups is 1. The third-order valence-corrected chi connectivity index (χ3v) is 7.19. The first-order chi connectivity index (χ1) is 17.6. The fourth-order valence-electron chi connectivity index (χ4n) is 4.27. The zero-order valence-corrected chi connectivity index (χ0v) is 21.3. The molecule has 0 aliphatic heterocycles. The molecular formula is C26H28N8OS. The van der Waals surface area contributed by atoms with Crippen LogP contribution in [0.5, 0.6) is 0 Å². The predicted molar refractivity (Wildman–Crippen MR) is 142 cm³/mol. The van der Waals surface area contributed by atoms with Crippen molar-refractivity contribution < 1.29 is 4.79 Å². The molecule has 0 bridgehead atoms. The number of nitrogens with one attached hydrogen (secondary N) is 2. The average Bonchev–Trinajstić information content (AvgIpc) is 3.69. The molecule has 0 unspecified atom stereocenters. The molecule has 5 rings (SSSR count). The Morgan fingerprint density at radius 1 is 1.14 bits per heavy atom. The van der Waals surface area contributed by atoms with Crippen molar-refractivity contribution in [2.24, 2.45) is 0 Å². The quantitative estimate of drug-likeness (QED) is 0.311. The second-order valence-corrected chi connectivity index (χ2v) is 9.46. The standard InChI is InChI=1S/C26H28N8OS/c1-4-33(5-2)17(3)13-27-26(35)18-11-22(19-14-28-29-15-19)31-23(12-18)20-16-30-34-9-8-21(32-25(20)34)24-7-6-10-36-24/h6-12,14-17H,4-5,13H2,1-3H3,(H,27,35)(H,28,29)/t17-/m0/s1. The summed E-state index contributed by atoms with van der Waals surface area (Å²) in [6.45, 7) is 8.81. The predicted octanol–water partition coefficient (Wildman–Crippen LogP) is 4.37. The number of thiophene rings is 1. The number of H-pyrrole nitrogens is 1. The Labute approximate surface area is 213 Å². The van der Waals surface area contributed by atoms with E-state index in [1.165, 1.54) is 0 Å². The molecule has 0 spiro atoms. The van der Waals surface area contributed by atoms with Gasteiger partial charge in [-0.25, -0.2) is 14.5 Å². The van der Waals surface area contributed by atoms with E-state index in [4.69, 9.17) is 9.97 Å². The Morgan fingerprint density at radius 3 is 2.69 bits per heavy atom. The van der Waals surface area contributed by atoms with Gasteiger partial charge in [0.1, 0.15) is 0 Å². The van der Waals surface area contributed by atoms with E-state index in [2.05, 4.69) is 46.3 Å². The first kappa shape index (κ1) is 23.8. The molecule has 0 saturated carbocycles. The molecule has 5 heterocycles. The number of aromatic nitrogens is 6. The lowest BCUT2D eigenvalue weighted by atomic mass is 10.1. The van der Waals surface area contributed by atoms with Gasteiger partial charge in [-0.1, -0.05) is 19.9 Å². The summed E-state index contributed by atoms with van der Waals surface area (Å²) >= 11 is 1.63. The number of likely N-dealkylation sites (N-methyl/N-ethyl adjacent to an activating group) is 1. The van der Waals surface area contributed by atoms with Crippen LogP contribution in [0.1, 0.15) is 31.1 Å². The summed E-state index contributed by atoms with van der Waals surface area (Å²) in [5.41, 5.74) is 4.90. The molecule has 184 valence electrons. The summed E-state index contributed by atoms with van der Waals surface area (Å²) in [6, 6.07) is 9.82. The highest BCUT2D eigenvalue weighted by Crippen LogP contribution is 2.29. The van der Waals surface area contributed by atoms with Crippen LogP contribution in [0.25, 0.3) is 38.7 Å². The third-order valence-electron chi connectivity index (χ3n) is 6.29. The summed E-state index contributed by atoms with van der Waals surface area (Å²) in [7, 11) is 0. The van der Waals surface area contributed by atoms with Crippen molar-refractivity contribution in [1.82, 2.24) is 40.0 Å². The number of carbonyl (C=O) groups excluding carboxylic acids is 1. The Hall–Kier alpha value is -3.89. The van der Waals surface area contributed by atoms with Gasteiger partial charge < -0.3 is 5.32 Å². The molecular weight excluding hydrogens is 472 g/mol. The summed E-state index contributed by atoms with van der Waals surface area (Å²) in [4.78, 5) is 26.4. The fourth-order valence-corrected chi connectivity index (χ4v) is 4.96. The van der Waals surface area contributed by atoms with Gasteiger partial charge in [0.05, 0.1) is 39.9 Å². The lowest BCUT2D eigenvalue weighted by molar-refractivity contribution is 0.0938. The molecule has 36 heavy (non-hydrogen) atoms. The molecule has 10 heteroatoms. The van der Waals surface area contributed by atoms with Gasteiger partial charge in [0.25, 0.3) is 5.91 Å². The Bertz CT molecular complexity index is 1450. The highest BCUT2D eigenvalue weighted by molar-refractivity contribution is 7.13. The van der Waals surface area contributed by atoms with Crippen molar-refractivity contribution in [2.45, 2.75) is 26.8 Å². The number of fused-ring (bicyclic) bond motifs is 1. The minimum Gasteiger partial charge on any atom is -0.350 e. The molecule has 2 N–H and O–H groups in total. The Kier molecular flexibility index (Phi) is 6.88. The normalized spacial score (nSPS) is 12.3.